The van der Waals surface area contributed by atoms with E-state index >= 15 is 0 Å². The molecule has 3 amide bonds. The molecule has 9 heteroatoms. The standard InChI is InChI=1S/C12H11F4N3O2/c13-9(14)12(15,16)10(20)18-7-2-1-3-8(6-7)19-5-4-17-11(19)21/h1-3,6,9H,4-5H2,(H,17,21)(H,18,20). The van der Waals surface area contributed by atoms with Crippen molar-refractivity contribution in [1.29, 1.82) is 0 Å². The first-order valence-electron chi connectivity index (χ1n) is 5.95. The molecule has 21 heavy (non-hydrogen) atoms. The lowest BCUT2D eigenvalue weighted by Gasteiger charge is -2.17. The second-order valence-electron chi connectivity index (χ2n) is 4.31. The fraction of sp³-hybridized carbons (Fsp3) is 0.333. The molecule has 0 radical (unpaired) electrons. The first kappa shape index (κ1) is 15.1. The van der Waals surface area contributed by atoms with Gasteiger partial charge >= 0.3 is 24.3 Å². The second kappa shape index (κ2) is 5.58. The summed E-state index contributed by atoms with van der Waals surface area (Å²) in [4.78, 5) is 23.9. The van der Waals surface area contributed by atoms with Gasteiger partial charge in [-0.2, -0.15) is 8.78 Å². The maximum Gasteiger partial charge on any atom is 0.383 e. The molecule has 1 heterocycles. The van der Waals surface area contributed by atoms with E-state index in [1.165, 1.54) is 29.2 Å². The summed E-state index contributed by atoms with van der Waals surface area (Å²) < 4.78 is 49.8. The molecule has 0 spiro atoms. The Kier molecular flexibility index (Phi) is 4.01. The van der Waals surface area contributed by atoms with Gasteiger partial charge in [0.15, 0.2) is 0 Å². The molecule has 114 valence electrons. The molecule has 0 atom stereocenters. The summed E-state index contributed by atoms with van der Waals surface area (Å²) in [7, 11) is 0. The number of urea groups is 1. The Morgan fingerprint density at radius 3 is 2.67 bits per heavy atom. The van der Waals surface area contributed by atoms with Crippen molar-refractivity contribution < 1.29 is 27.2 Å². The molecule has 0 bridgehead atoms. The molecule has 1 aliphatic rings. The predicted octanol–water partition coefficient (Wildman–Crippen LogP) is 2.06. The van der Waals surface area contributed by atoms with Gasteiger partial charge in [0.05, 0.1) is 0 Å². The first-order valence-corrected chi connectivity index (χ1v) is 5.95. The average molecular weight is 305 g/mol. The SMILES string of the molecule is O=C1NCCN1c1cccc(NC(=O)C(F)(F)C(F)F)c1. The third-order valence-corrected chi connectivity index (χ3v) is 2.85. The van der Waals surface area contributed by atoms with Crippen LogP contribution in [0.25, 0.3) is 0 Å². The van der Waals surface area contributed by atoms with E-state index < -0.39 is 18.3 Å². The van der Waals surface area contributed by atoms with E-state index in [4.69, 9.17) is 0 Å². The summed E-state index contributed by atoms with van der Waals surface area (Å²) in [5, 5.41) is 4.26. The summed E-state index contributed by atoms with van der Waals surface area (Å²) in [5.41, 5.74) is 0.265. The molecule has 0 aliphatic carbocycles. The Morgan fingerprint density at radius 1 is 1.38 bits per heavy atom. The minimum Gasteiger partial charge on any atom is -0.336 e. The largest absolute Gasteiger partial charge is 0.383 e. The molecule has 0 aromatic heterocycles. The zero-order valence-electron chi connectivity index (χ0n) is 10.6. The molecular weight excluding hydrogens is 294 g/mol. The number of anilines is 2. The molecule has 5 nitrogen and oxygen atoms in total. The van der Waals surface area contributed by atoms with Gasteiger partial charge in [0, 0.05) is 24.5 Å². The number of hydrogen-bond donors (Lipinski definition) is 2. The fourth-order valence-electron chi connectivity index (χ4n) is 1.78. The summed E-state index contributed by atoms with van der Waals surface area (Å²) in [5.74, 6) is -6.87. The minimum absolute atomic E-state index is 0.0995. The number of rotatable bonds is 4. The Morgan fingerprint density at radius 2 is 2.10 bits per heavy atom. The Bertz CT molecular complexity index is 565. The van der Waals surface area contributed by atoms with E-state index in [9.17, 15) is 27.2 Å². The maximum atomic E-state index is 12.9. The molecule has 1 fully saturated rings. The Labute approximate surface area is 116 Å². The lowest BCUT2D eigenvalue weighted by Crippen LogP contribution is -2.41. The normalized spacial score (nSPS) is 15.3. The summed E-state index contributed by atoms with van der Waals surface area (Å²) >= 11 is 0. The maximum absolute atomic E-state index is 12.9. The van der Waals surface area contributed by atoms with Gasteiger partial charge in [-0.05, 0) is 18.2 Å². The summed E-state index contributed by atoms with van der Waals surface area (Å²) in [6.07, 6.45) is -4.09. The van der Waals surface area contributed by atoms with Crippen LogP contribution in [0.2, 0.25) is 0 Å². The van der Waals surface area contributed by atoms with E-state index in [0.29, 0.717) is 18.8 Å². The van der Waals surface area contributed by atoms with Crippen molar-refractivity contribution in [3.8, 4) is 0 Å². The average Bonchev–Trinajstić information content (AvgIpc) is 2.85. The van der Waals surface area contributed by atoms with Gasteiger partial charge in [0.1, 0.15) is 0 Å². The van der Waals surface area contributed by atoms with Crippen molar-refractivity contribution >= 4 is 23.3 Å². The van der Waals surface area contributed by atoms with Crippen LogP contribution in [0, 0.1) is 0 Å². The highest BCUT2D eigenvalue weighted by atomic mass is 19.3. The van der Waals surface area contributed by atoms with E-state index in [1.807, 2.05) is 0 Å². The fourth-order valence-corrected chi connectivity index (χ4v) is 1.78. The van der Waals surface area contributed by atoms with Crippen molar-refractivity contribution in [3.05, 3.63) is 24.3 Å². The van der Waals surface area contributed by atoms with E-state index in [-0.39, 0.29) is 11.7 Å². The number of halogens is 4. The van der Waals surface area contributed by atoms with Gasteiger partial charge in [-0.3, -0.25) is 9.69 Å². The quantitative estimate of drug-likeness (QED) is 0.836. The third kappa shape index (κ3) is 3.06. The van der Waals surface area contributed by atoms with Crippen LogP contribution in [0.1, 0.15) is 0 Å². The van der Waals surface area contributed by atoms with E-state index in [2.05, 4.69) is 5.32 Å². The highest BCUT2D eigenvalue weighted by molar-refractivity contribution is 5.98. The lowest BCUT2D eigenvalue weighted by molar-refractivity contribution is -0.163. The topological polar surface area (TPSA) is 61.4 Å². The Balaban J connectivity index is 2.15. The third-order valence-electron chi connectivity index (χ3n) is 2.85. The van der Waals surface area contributed by atoms with Crippen LogP contribution in [-0.4, -0.2) is 37.4 Å². The number of alkyl halides is 4. The van der Waals surface area contributed by atoms with Crippen LogP contribution in [0.5, 0.6) is 0 Å². The van der Waals surface area contributed by atoms with E-state index in [0.717, 1.165) is 0 Å². The molecule has 2 rings (SSSR count). The number of nitrogens with one attached hydrogen (secondary N) is 2. The highest BCUT2D eigenvalue weighted by Gasteiger charge is 2.48. The number of nitrogens with zero attached hydrogens (tertiary/aromatic N) is 1. The number of benzene rings is 1. The lowest BCUT2D eigenvalue weighted by atomic mass is 10.2. The van der Waals surface area contributed by atoms with Gasteiger partial charge in [-0.1, -0.05) is 6.07 Å². The van der Waals surface area contributed by atoms with Crippen molar-refractivity contribution in [2.75, 3.05) is 23.3 Å². The van der Waals surface area contributed by atoms with Crippen molar-refractivity contribution in [3.63, 3.8) is 0 Å². The van der Waals surface area contributed by atoms with Crippen LogP contribution in [0.3, 0.4) is 0 Å². The molecule has 0 saturated carbocycles. The molecular formula is C12H11F4N3O2. The van der Waals surface area contributed by atoms with Gasteiger partial charge in [-0.25, -0.2) is 13.6 Å². The number of carbonyl (C=O) groups is 2. The summed E-state index contributed by atoms with van der Waals surface area (Å²) in [6, 6.07) is 5.10. The Hall–Kier alpha value is -2.32. The van der Waals surface area contributed by atoms with Gasteiger partial charge < -0.3 is 10.6 Å². The minimum atomic E-state index is -4.78. The molecule has 0 unspecified atom stereocenters. The first-order chi connectivity index (χ1) is 9.82. The highest BCUT2D eigenvalue weighted by Crippen LogP contribution is 2.26. The molecule has 1 aromatic carbocycles. The van der Waals surface area contributed by atoms with Crippen LogP contribution < -0.4 is 15.5 Å². The van der Waals surface area contributed by atoms with Crippen LogP contribution in [-0.2, 0) is 4.79 Å². The monoisotopic (exact) mass is 305 g/mol. The van der Waals surface area contributed by atoms with Crippen LogP contribution >= 0.6 is 0 Å². The molecule has 2 N–H and O–H groups in total. The van der Waals surface area contributed by atoms with Gasteiger partial charge in [0.25, 0.3) is 0 Å². The molecule has 1 aliphatic heterocycles. The molecule has 1 saturated heterocycles. The number of carbonyl (C=O) groups excluding carboxylic acids is 2. The van der Waals surface area contributed by atoms with Gasteiger partial charge in [-0.15, -0.1) is 0 Å². The predicted molar refractivity (Wildman–Crippen MR) is 66.8 cm³/mol. The van der Waals surface area contributed by atoms with Crippen LogP contribution in [0.15, 0.2) is 24.3 Å². The van der Waals surface area contributed by atoms with Gasteiger partial charge in [0.2, 0.25) is 0 Å². The zero-order valence-corrected chi connectivity index (χ0v) is 10.6. The van der Waals surface area contributed by atoms with Crippen molar-refractivity contribution in [1.82, 2.24) is 5.32 Å². The van der Waals surface area contributed by atoms with Crippen LogP contribution in [0.4, 0.5) is 33.7 Å². The molecule has 1 aromatic rings. The zero-order chi connectivity index (χ0) is 15.6. The van der Waals surface area contributed by atoms with E-state index in [1.54, 1.807) is 5.32 Å². The summed E-state index contributed by atoms with van der Waals surface area (Å²) in [6.45, 7) is 0.808. The second-order valence-corrected chi connectivity index (χ2v) is 4.31. The number of amides is 3. The van der Waals surface area contributed by atoms with Crippen molar-refractivity contribution in [2.24, 2.45) is 0 Å². The number of hydrogen-bond acceptors (Lipinski definition) is 2. The van der Waals surface area contributed by atoms with Crippen molar-refractivity contribution in [2.45, 2.75) is 12.3 Å². The smallest absolute Gasteiger partial charge is 0.336 e.